The van der Waals surface area contributed by atoms with E-state index in [2.05, 4.69) is 51.4 Å². The maximum Gasteiger partial charge on any atom is 0.224 e. The van der Waals surface area contributed by atoms with Crippen LogP contribution in [0.5, 0.6) is 5.75 Å². The van der Waals surface area contributed by atoms with Crippen molar-refractivity contribution < 1.29 is 9.13 Å². The molecular weight excluding hydrogens is 405 g/mol. The molecule has 0 radical (unpaired) electrons. The van der Waals surface area contributed by atoms with E-state index >= 15 is 0 Å². The van der Waals surface area contributed by atoms with Crippen LogP contribution in [0, 0.1) is 5.82 Å². The van der Waals surface area contributed by atoms with Gasteiger partial charge in [-0.05, 0) is 33.3 Å². The van der Waals surface area contributed by atoms with Crippen molar-refractivity contribution in [3.63, 3.8) is 0 Å². The molecule has 26 heavy (non-hydrogen) atoms. The fourth-order valence-corrected chi connectivity index (χ4v) is 3.16. The minimum atomic E-state index is -0.308. The number of hydrogen-bond acceptors (Lipinski definition) is 7. The van der Waals surface area contributed by atoms with E-state index in [1.807, 2.05) is 0 Å². The van der Waals surface area contributed by atoms with Gasteiger partial charge in [-0.25, -0.2) is 14.4 Å². The average molecular weight is 420 g/mol. The number of halogens is 2. The number of aromatic nitrogens is 6. The van der Waals surface area contributed by atoms with Crippen LogP contribution >= 0.6 is 15.9 Å². The van der Waals surface area contributed by atoms with Gasteiger partial charge in [-0.15, -0.1) is 10.2 Å². The van der Waals surface area contributed by atoms with Gasteiger partial charge >= 0.3 is 0 Å². The highest BCUT2D eigenvalue weighted by molar-refractivity contribution is 9.10. The Morgan fingerprint density at radius 3 is 2.73 bits per heavy atom. The van der Waals surface area contributed by atoms with Crippen molar-refractivity contribution in [2.75, 3.05) is 18.0 Å². The molecule has 1 aromatic carbocycles. The Morgan fingerprint density at radius 2 is 2.04 bits per heavy atom. The molecular formula is C16H15BrFN7O. The Morgan fingerprint density at radius 1 is 1.19 bits per heavy atom. The molecule has 0 saturated carbocycles. The molecule has 0 spiro atoms. The van der Waals surface area contributed by atoms with Gasteiger partial charge in [-0.1, -0.05) is 0 Å². The summed E-state index contributed by atoms with van der Waals surface area (Å²) in [5.74, 6) is 1.43. The van der Waals surface area contributed by atoms with Gasteiger partial charge in [0.05, 0.1) is 16.9 Å². The summed E-state index contributed by atoms with van der Waals surface area (Å²) < 4.78 is 20.1. The van der Waals surface area contributed by atoms with Crippen LogP contribution in [0.2, 0.25) is 0 Å². The molecule has 3 heterocycles. The maximum atomic E-state index is 13.4. The number of piperidine rings is 1. The van der Waals surface area contributed by atoms with E-state index in [0.29, 0.717) is 17.3 Å². The zero-order chi connectivity index (χ0) is 17.9. The molecule has 0 aliphatic carbocycles. The van der Waals surface area contributed by atoms with Gasteiger partial charge in [0.25, 0.3) is 0 Å². The average Bonchev–Trinajstić information content (AvgIpc) is 3.20. The highest BCUT2D eigenvalue weighted by atomic mass is 79.9. The van der Waals surface area contributed by atoms with Crippen molar-refractivity contribution in [1.29, 1.82) is 0 Å². The largest absolute Gasteiger partial charge is 0.489 e. The fourth-order valence-electron chi connectivity index (χ4n) is 2.82. The summed E-state index contributed by atoms with van der Waals surface area (Å²) >= 11 is 3.39. The van der Waals surface area contributed by atoms with Crippen LogP contribution in [0.1, 0.15) is 12.8 Å². The van der Waals surface area contributed by atoms with Crippen molar-refractivity contribution >= 4 is 21.7 Å². The second-order valence-corrected chi connectivity index (χ2v) is 6.73. The van der Waals surface area contributed by atoms with E-state index in [4.69, 9.17) is 4.74 Å². The van der Waals surface area contributed by atoms with E-state index < -0.39 is 0 Å². The smallest absolute Gasteiger partial charge is 0.224 e. The van der Waals surface area contributed by atoms with Crippen molar-refractivity contribution in [2.24, 2.45) is 0 Å². The van der Waals surface area contributed by atoms with Gasteiger partial charge < -0.3 is 9.64 Å². The topological polar surface area (TPSA) is 92.7 Å². The van der Waals surface area contributed by atoms with Gasteiger partial charge in [0.2, 0.25) is 5.82 Å². The molecule has 1 aliphatic rings. The summed E-state index contributed by atoms with van der Waals surface area (Å²) in [7, 11) is 0. The maximum absolute atomic E-state index is 13.4. The molecule has 1 saturated heterocycles. The summed E-state index contributed by atoms with van der Waals surface area (Å²) in [6, 6.07) is 4.45. The molecule has 10 heteroatoms. The third-order valence-corrected chi connectivity index (χ3v) is 4.82. The van der Waals surface area contributed by atoms with Gasteiger partial charge in [0.1, 0.15) is 29.2 Å². The van der Waals surface area contributed by atoms with Crippen LogP contribution in [0.15, 0.2) is 35.1 Å². The molecule has 1 aliphatic heterocycles. The Labute approximate surface area is 156 Å². The minimum absolute atomic E-state index is 0.0379. The van der Waals surface area contributed by atoms with E-state index in [9.17, 15) is 4.39 Å². The molecule has 0 bridgehead atoms. The molecule has 134 valence electrons. The number of rotatable bonds is 4. The fraction of sp³-hybridized carbons (Fsp3) is 0.312. The first-order valence-corrected chi connectivity index (χ1v) is 8.91. The number of tetrazole rings is 1. The first-order chi connectivity index (χ1) is 12.7. The number of benzene rings is 1. The van der Waals surface area contributed by atoms with Gasteiger partial charge in [-0.3, -0.25) is 0 Å². The molecule has 3 aromatic rings. The molecule has 0 unspecified atom stereocenters. The van der Waals surface area contributed by atoms with E-state index in [1.54, 1.807) is 18.5 Å². The standard InChI is InChI=1S/C16H15BrFN7O/c17-12-2-1-10(18)7-14(12)26-11-3-5-25(6-4-11)15-9-19-13(8-20-15)16-21-23-24-22-16/h1-2,7-9,11H,3-6H2,(H,21,22,23,24). The van der Waals surface area contributed by atoms with Crippen LogP contribution < -0.4 is 9.64 Å². The first-order valence-electron chi connectivity index (χ1n) is 8.11. The second kappa shape index (κ2) is 7.32. The van der Waals surface area contributed by atoms with Crippen molar-refractivity contribution in [3.05, 3.63) is 40.9 Å². The minimum Gasteiger partial charge on any atom is -0.489 e. The molecule has 4 rings (SSSR count). The summed E-state index contributed by atoms with van der Waals surface area (Å²) in [5.41, 5.74) is 0.566. The Kier molecular flexibility index (Phi) is 4.74. The van der Waals surface area contributed by atoms with Crippen LogP contribution in [-0.4, -0.2) is 49.8 Å². The van der Waals surface area contributed by atoms with Crippen LogP contribution in [0.3, 0.4) is 0 Å². The normalized spacial score (nSPS) is 15.2. The quantitative estimate of drug-likeness (QED) is 0.694. The predicted octanol–water partition coefficient (Wildman–Crippen LogP) is 2.61. The summed E-state index contributed by atoms with van der Waals surface area (Å²) in [6.45, 7) is 1.57. The van der Waals surface area contributed by atoms with Crippen LogP contribution in [-0.2, 0) is 0 Å². The Balaban J connectivity index is 1.37. The van der Waals surface area contributed by atoms with Gasteiger partial charge in [0.15, 0.2) is 0 Å². The lowest BCUT2D eigenvalue weighted by atomic mass is 10.1. The lowest BCUT2D eigenvalue weighted by Crippen LogP contribution is -2.38. The predicted molar refractivity (Wildman–Crippen MR) is 95.2 cm³/mol. The first kappa shape index (κ1) is 16.8. The number of hydrogen-bond donors (Lipinski definition) is 1. The number of anilines is 1. The van der Waals surface area contributed by atoms with E-state index in [0.717, 1.165) is 36.2 Å². The van der Waals surface area contributed by atoms with E-state index in [1.165, 1.54) is 12.1 Å². The Bertz CT molecular complexity index is 867. The number of H-pyrrole nitrogens is 1. The van der Waals surface area contributed by atoms with Gasteiger partial charge in [-0.2, -0.15) is 5.21 Å². The molecule has 2 aromatic heterocycles. The van der Waals surface area contributed by atoms with Gasteiger partial charge in [0, 0.05) is 32.0 Å². The second-order valence-electron chi connectivity index (χ2n) is 5.87. The molecule has 1 N–H and O–H groups in total. The molecule has 1 fully saturated rings. The zero-order valence-corrected chi connectivity index (χ0v) is 15.2. The SMILES string of the molecule is Fc1ccc(Br)c(OC2CCN(c3cnc(-c4nn[nH]n4)cn3)CC2)c1. The molecule has 0 atom stereocenters. The van der Waals surface area contributed by atoms with E-state index in [-0.39, 0.29) is 11.9 Å². The number of ether oxygens (including phenoxy) is 1. The summed E-state index contributed by atoms with van der Waals surface area (Å²) in [5, 5.41) is 13.7. The van der Waals surface area contributed by atoms with Crippen LogP contribution in [0.4, 0.5) is 10.2 Å². The van der Waals surface area contributed by atoms with Crippen LogP contribution in [0.25, 0.3) is 11.5 Å². The van der Waals surface area contributed by atoms with Crippen molar-refractivity contribution in [3.8, 4) is 17.3 Å². The lowest BCUT2D eigenvalue weighted by Gasteiger charge is -2.32. The molecule has 8 nitrogen and oxygen atoms in total. The van der Waals surface area contributed by atoms with Crippen molar-refractivity contribution in [1.82, 2.24) is 30.6 Å². The Hall–Kier alpha value is -2.62. The monoisotopic (exact) mass is 419 g/mol. The highest BCUT2D eigenvalue weighted by Gasteiger charge is 2.22. The highest BCUT2D eigenvalue weighted by Crippen LogP contribution is 2.29. The third kappa shape index (κ3) is 3.64. The van der Waals surface area contributed by atoms with Crippen molar-refractivity contribution in [2.45, 2.75) is 18.9 Å². The molecule has 0 amide bonds. The number of nitrogens with zero attached hydrogens (tertiary/aromatic N) is 6. The number of aromatic amines is 1. The number of nitrogens with one attached hydrogen (secondary N) is 1. The summed E-state index contributed by atoms with van der Waals surface area (Å²) in [4.78, 5) is 10.9. The third-order valence-electron chi connectivity index (χ3n) is 4.17. The zero-order valence-electron chi connectivity index (χ0n) is 13.6. The summed E-state index contributed by atoms with van der Waals surface area (Å²) in [6.07, 6.45) is 5.01. The lowest BCUT2D eigenvalue weighted by molar-refractivity contribution is 0.169.